The summed E-state index contributed by atoms with van der Waals surface area (Å²) in [6.45, 7) is 1.82. The largest absolute Gasteiger partial charge is 0.359 e. The van der Waals surface area contributed by atoms with Gasteiger partial charge >= 0.3 is 6.03 Å². The van der Waals surface area contributed by atoms with Crippen molar-refractivity contribution in [1.29, 1.82) is 0 Å². The molecule has 2 heterocycles. The van der Waals surface area contributed by atoms with Crippen LogP contribution in [-0.4, -0.2) is 60.0 Å². The lowest BCUT2D eigenvalue weighted by molar-refractivity contribution is -0.134. The van der Waals surface area contributed by atoms with Crippen molar-refractivity contribution < 1.29 is 14.4 Å². The van der Waals surface area contributed by atoms with Gasteiger partial charge in [-0.25, -0.2) is 9.69 Å². The zero-order valence-electron chi connectivity index (χ0n) is 13.8. The van der Waals surface area contributed by atoms with Crippen LogP contribution in [-0.2, 0) is 9.59 Å². The molecule has 1 spiro atoms. The first kappa shape index (κ1) is 16.2. The van der Waals surface area contributed by atoms with Crippen molar-refractivity contribution in [2.75, 3.05) is 26.8 Å². The van der Waals surface area contributed by atoms with Gasteiger partial charge in [-0.1, -0.05) is 19.3 Å². The molecule has 0 radical (unpaired) electrons. The summed E-state index contributed by atoms with van der Waals surface area (Å²) >= 11 is 0. The van der Waals surface area contributed by atoms with Gasteiger partial charge in [0.05, 0.1) is 6.67 Å². The molecule has 2 saturated heterocycles. The Morgan fingerprint density at radius 3 is 2.48 bits per heavy atom. The lowest BCUT2D eigenvalue weighted by Gasteiger charge is -2.34. The maximum Gasteiger partial charge on any atom is 0.326 e. The van der Waals surface area contributed by atoms with Crippen LogP contribution in [0.3, 0.4) is 0 Å². The van der Waals surface area contributed by atoms with Gasteiger partial charge in [0, 0.05) is 26.1 Å². The summed E-state index contributed by atoms with van der Waals surface area (Å²) in [5, 5.41) is 5.63. The SMILES string of the molecule is CNC(=O)C1CCN(CN2C(=O)NC3(CCCCC3)C2=O)CC1. The molecular weight excluding hydrogens is 296 g/mol. The zero-order valence-corrected chi connectivity index (χ0v) is 13.8. The highest BCUT2D eigenvalue weighted by atomic mass is 16.2. The fourth-order valence-corrected chi connectivity index (χ4v) is 4.04. The van der Waals surface area contributed by atoms with Crippen molar-refractivity contribution in [1.82, 2.24) is 20.4 Å². The number of carbonyl (C=O) groups is 3. The monoisotopic (exact) mass is 322 g/mol. The summed E-state index contributed by atoms with van der Waals surface area (Å²) in [4.78, 5) is 40.1. The summed E-state index contributed by atoms with van der Waals surface area (Å²) in [6, 6.07) is -0.259. The van der Waals surface area contributed by atoms with E-state index in [0.29, 0.717) is 6.67 Å². The summed E-state index contributed by atoms with van der Waals surface area (Å²) < 4.78 is 0. The number of nitrogens with one attached hydrogen (secondary N) is 2. The topological polar surface area (TPSA) is 81.8 Å². The molecule has 0 bridgehead atoms. The van der Waals surface area contributed by atoms with Gasteiger partial charge in [0.1, 0.15) is 5.54 Å². The lowest BCUT2D eigenvalue weighted by Crippen LogP contribution is -2.50. The van der Waals surface area contributed by atoms with Crippen molar-refractivity contribution in [3.8, 4) is 0 Å². The maximum absolute atomic E-state index is 12.7. The summed E-state index contributed by atoms with van der Waals surface area (Å²) in [5.41, 5.74) is -0.643. The van der Waals surface area contributed by atoms with Crippen LogP contribution in [0.4, 0.5) is 4.79 Å². The second-order valence-corrected chi connectivity index (χ2v) is 6.95. The molecule has 0 aromatic carbocycles. The van der Waals surface area contributed by atoms with E-state index in [4.69, 9.17) is 0 Å². The van der Waals surface area contributed by atoms with Gasteiger partial charge in [-0.3, -0.25) is 14.5 Å². The van der Waals surface area contributed by atoms with E-state index in [9.17, 15) is 14.4 Å². The molecular formula is C16H26N4O3. The minimum atomic E-state index is -0.643. The first-order valence-corrected chi connectivity index (χ1v) is 8.64. The number of piperidine rings is 1. The minimum absolute atomic E-state index is 0.0454. The van der Waals surface area contributed by atoms with Gasteiger partial charge in [0.2, 0.25) is 5.91 Å². The van der Waals surface area contributed by atoms with E-state index in [-0.39, 0.29) is 23.8 Å². The van der Waals surface area contributed by atoms with E-state index in [1.165, 1.54) is 4.90 Å². The Balaban J connectivity index is 1.57. The molecule has 0 aromatic heterocycles. The number of hydrogen-bond donors (Lipinski definition) is 2. The molecule has 0 aromatic rings. The minimum Gasteiger partial charge on any atom is -0.359 e. The van der Waals surface area contributed by atoms with Crippen molar-refractivity contribution in [3.05, 3.63) is 0 Å². The first-order chi connectivity index (χ1) is 11.1. The molecule has 3 rings (SSSR count). The third-order valence-corrected chi connectivity index (χ3v) is 5.50. The second kappa shape index (κ2) is 6.47. The van der Waals surface area contributed by atoms with Crippen LogP contribution >= 0.6 is 0 Å². The summed E-state index contributed by atoms with van der Waals surface area (Å²) in [5.74, 6) is 0.0699. The number of nitrogens with zero attached hydrogens (tertiary/aromatic N) is 2. The molecule has 2 aliphatic heterocycles. The van der Waals surface area contributed by atoms with Crippen molar-refractivity contribution >= 4 is 17.8 Å². The molecule has 3 fully saturated rings. The molecule has 128 valence electrons. The molecule has 7 heteroatoms. The fourth-order valence-electron chi connectivity index (χ4n) is 4.04. The van der Waals surface area contributed by atoms with Crippen molar-refractivity contribution in [3.63, 3.8) is 0 Å². The third kappa shape index (κ3) is 3.06. The standard InChI is InChI=1S/C16H26N4O3/c1-17-13(21)12-5-9-19(10-6-12)11-20-14(22)16(18-15(20)23)7-3-2-4-8-16/h12H,2-11H2,1H3,(H,17,21)(H,18,23). The number of amides is 4. The molecule has 1 saturated carbocycles. The highest BCUT2D eigenvalue weighted by Gasteiger charge is 2.51. The number of carbonyl (C=O) groups excluding carboxylic acids is 3. The summed E-state index contributed by atoms with van der Waals surface area (Å²) in [7, 11) is 1.66. The molecule has 0 unspecified atom stereocenters. The van der Waals surface area contributed by atoms with Gasteiger partial charge < -0.3 is 10.6 Å². The zero-order chi connectivity index (χ0) is 16.4. The Morgan fingerprint density at radius 2 is 1.87 bits per heavy atom. The van der Waals surface area contributed by atoms with Gasteiger partial charge in [-0.2, -0.15) is 0 Å². The van der Waals surface area contributed by atoms with E-state index < -0.39 is 5.54 Å². The average molecular weight is 322 g/mol. The van der Waals surface area contributed by atoms with Crippen LogP contribution in [0.1, 0.15) is 44.9 Å². The van der Waals surface area contributed by atoms with E-state index in [0.717, 1.165) is 58.0 Å². The predicted octanol–water partition coefficient (Wildman–Crippen LogP) is 0.657. The Morgan fingerprint density at radius 1 is 1.22 bits per heavy atom. The molecule has 4 amide bonds. The number of hydrogen-bond acceptors (Lipinski definition) is 4. The van der Waals surface area contributed by atoms with Crippen LogP contribution in [0.2, 0.25) is 0 Å². The summed E-state index contributed by atoms with van der Waals surface area (Å²) in [6.07, 6.45) is 6.19. The molecule has 7 nitrogen and oxygen atoms in total. The van der Waals surface area contributed by atoms with E-state index in [1.54, 1.807) is 7.05 Å². The Kier molecular flexibility index (Phi) is 4.57. The van der Waals surface area contributed by atoms with Gasteiger partial charge in [0.15, 0.2) is 0 Å². The predicted molar refractivity (Wildman–Crippen MR) is 84.4 cm³/mol. The van der Waals surface area contributed by atoms with Crippen LogP contribution in [0.25, 0.3) is 0 Å². The highest BCUT2D eigenvalue weighted by molar-refractivity contribution is 6.07. The molecule has 1 aliphatic carbocycles. The molecule has 0 atom stereocenters. The highest BCUT2D eigenvalue weighted by Crippen LogP contribution is 2.33. The quantitative estimate of drug-likeness (QED) is 0.748. The average Bonchev–Trinajstić information content (AvgIpc) is 2.80. The number of urea groups is 1. The third-order valence-electron chi connectivity index (χ3n) is 5.50. The van der Waals surface area contributed by atoms with Gasteiger partial charge in [-0.05, 0) is 25.7 Å². The van der Waals surface area contributed by atoms with Crippen LogP contribution in [0.5, 0.6) is 0 Å². The van der Waals surface area contributed by atoms with Gasteiger partial charge in [-0.15, -0.1) is 0 Å². The van der Waals surface area contributed by atoms with Crippen LogP contribution in [0.15, 0.2) is 0 Å². The molecule has 2 N–H and O–H groups in total. The second-order valence-electron chi connectivity index (χ2n) is 6.95. The molecule has 23 heavy (non-hydrogen) atoms. The first-order valence-electron chi connectivity index (χ1n) is 8.64. The maximum atomic E-state index is 12.7. The van der Waals surface area contributed by atoms with Crippen molar-refractivity contribution in [2.24, 2.45) is 5.92 Å². The van der Waals surface area contributed by atoms with Crippen molar-refractivity contribution in [2.45, 2.75) is 50.5 Å². The number of imide groups is 1. The van der Waals surface area contributed by atoms with E-state index >= 15 is 0 Å². The smallest absolute Gasteiger partial charge is 0.326 e. The Labute approximate surface area is 136 Å². The Bertz CT molecular complexity index is 494. The number of likely N-dealkylation sites (tertiary alicyclic amines) is 1. The van der Waals surface area contributed by atoms with Crippen LogP contribution in [0, 0.1) is 5.92 Å². The normalized spacial score (nSPS) is 25.7. The fraction of sp³-hybridized carbons (Fsp3) is 0.812. The Hall–Kier alpha value is -1.63. The van der Waals surface area contributed by atoms with Gasteiger partial charge in [0.25, 0.3) is 5.91 Å². The van der Waals surface area contributed by atoms with E-state index in [2.05, 4.69) is 15.5 Å². The van der Waals surface area contributed by atoms with Crippen LogP contribution < -0.4 is 10.6 Å². The lowest BCUT2D eigenvalue weighted by atomic mass is 9.82. The van der Waals surface area contributed by atoms with E-state index in [1.807, 2.05) is 0 Å². The number of rotatable bonds is 3. The molecule has 3 aliphatic rings.